The zero-order chi connectivity index (χ0) is 19.4. The highest BCUT2D eigenvalue weighted by Gasteiger charge is 2.52. The van der Waals surface area contributed by atoms with Crippen molar-refractivity contribution in [3.05, 3.63) is 29.8 Å². The maximum absolute atomic E-state index is 12.2. The van der Waals surface area contributed by atoms with Gasteiger partial charge >= 0.3 is 11.9 Å². The molecule has 2 rings (SSSR count). The number of benzene rings is 1. The Bertz CT molecular complexity index is 606. The number of esters is 2. The predicted molar refractivity (Wildman–Crippen MR) is 99.2 cm³/mol. The normalized spacial score (nSPS) is 29.3. The molecule has 1 saturated heterocycles. The van der Waals surface area contributed by atoms with Gasteiger partial charge in [-0.15, -0.1) is 0 Å². The van der Waals surface area contributed by atoms with E-state index in [9.17, 15) is 9.59 Å². The van der Waals surface area contributed by atoms with Gasteiger partial charge in [-0.2, -0.15) is 0 Å². The number of ether oxygens (including phenoxy) is 3. The molecule has 1 aliphatic rings. The average molecular weight is 362 g/mol. The third-order valence-electron chi connectivity index (χ3n) is 5.15. The second kappa shape index (κ2) is 8.11. The standard InChI is InChI=1S/C21H30O5/c1-6-12-20(3)19(15-8-10-16(24-5)11-9-15)21(4,13-7-2)26-18(23)14-17(22)25-20/h8-11,19H,6-7,12-14H2,1-5H3. The number of methoxy groups -OCH3 is 1. The van der Waals surface area contributed by atoms with E-state index in [1.807, 2.05) is 38.1 Å². The lowest BCUT2D eigenvalue weighted by Crippen LogP contribution is -2.53. The van der Waals surface area contributed by atoms with E-state index in [1.54, 1.807) is 7.11 Å². The van der Waals surface area contributed by atoms with Crippen molar-refractivity contribution in [3.8, 4) is 5.75 Å². The van der Waals surface area contributed by atoms with Crippen LogP contribution in [-0.4, -0.2) is 30.3 Å². The monoisotopic (exact) mass is 362 g/mol. The number of carbonyl (C=O) groups is 2. The molecule has 5 heteroatoms. The summed E-state index contributed by atoms with van der Waals surface area (Å²) in [5.41, 5.74) is -0.545. The second-order valence-electron chi connectivity index (χ2n) is 7.46. The van der Waals surface area contributed by atoms with Crippen molar-refractivity contribution in [3.63, 3.8) is 0 Å². The van der Waals surface area contributed by atoms with Crippen LogP contribution >= 0.6 is 0 Å². The molecule has 1 aliphatic heterocycles. The summed E-state index contributed by atoms with van der Waals surface area (Å²) in [6.07, 6.45) is 2.74. The molecule has 5 nitrogen and oxygen atoms in total. The first-order chi connectivity index (χ1) is 12.3. The van der Waals surface area contributed by atoms with Crippen LogP contribution < -0.4 is 4.74 Å². The molecule has 26 heavy (non-hydrogen) atoms. The Hall–Kier alpha value is -2.04. The van der Waals surface area contributed by atoms with Crippen LogP contribution in [0.4, 0.5) is 0 Å². The zero-order valence-corrected chi connectivity index (χ0v) is 16.5. The molecule has 0 aromatic heterocycles. The number of hydrogen-bond acceptors (Lipinski definition) is 5. The molecule has 2 unspecified atom stereocenters. The molecule has 1 heterocycles. The van der Waals surface area contributed by atoms with Crippen LogP contribution in [0, 0.1) is 0 Å². The van der Waals surface area contributed by atoms with Crippen LogP contribution in [0.15, 0.2) is 24.3 Å². The van der Waals surface area contributed by atoms with Gasteiger partial charge in [-0.1, -0.05) is 38.8 Å². The van der Waals surface area contributed by atoms with Crippen molar-refractivity contribution in [2.24, 2.45) is 0 Å². The van der Waals surface area contributed by atoms with E-state index in [2.05, 4.69) is 13.8 Å². The third kappa shape index (κ3) is 4.19. The van der Waals surface area contributed by atoms with E-state index >= 15 is 0 Å². The van der Waals surface area contributed by atoms with Gasteiger partial charge in [-0.05, 0) is 44.4 Å². The maximum atomic E-state index is 12.2. The fourth-order valence-electron chi connectivity index (χ4n) is 4.36. The highest BCUT2D eigenvalue weighted by atomic mass is 16.6. The molecule has 1 aromatic rings. The SMILES string of the molecule is CCCC1(C)OC(=O)CC(=O)OC(C)(CCC)C1c1ccc(OC)cc1. The molecule has 1 aromatic carbocycles. The van der Waals surface area contributed by atoms with Crippen LogP contribution in [0.25, 0.3) is 0 Å². The van der Waals surface area contributed by atoms with Gasteiger partial charge in [0.2, 0.25) is 0 Å². The van der Waals surface area contributed by atoms with E-state index in [-0.39, 0.29) is 12.3 Å². The summed E-state index contributed by atoms with van der Waals surface area (Å²) >= 11 is 0. The number of rotatable bonds is 6. The third-order valence-corrected chi connectivity index (χ3v) is 5.15. The van der Waals surface area contributed by atoms with Crippen molar-refractivity contribution in [1.29, 1.82) is 0 Å². The predicted octanol–water partition coefficient (Wildman–Crippen LogP) is 4.39. The first-order valence-electron chi connectivity index (χ1n) is 9.35. The molecule has 0 spiro atoms. The van der Waals surface area contributed by atoms with E-state index in [0.29, 0.717) is 12.8 Å². The van der Waals surface area contributed by atoms with E-state index < -0.39 is 23.1 Å². The minimum absolute atomic E-state index is 0.269. The molecular formula is C21H30O5. The number of cyclic esters (lactones) is 2. The molecular weight excluding hydrogens is 332 g/mol. The largest absolute Gasteiger partial charge is 0.497 e. The van der Waals surface area contributed by atoms with Crippen LogP contribution in [-0.2, 0) is 19.1 Å². The highest BCUT2D eigenvalue weighted by molar-refractivity contribution is 5.92. The zero-order valence-electron chi connectivity index (χ0n) is 16.5. The second-order valence-corrected chi connectivity index (χ2v) is 7.46. The molecule has 0 amide bonds. The van der Waals surface area contributed by atoms with Crippen molar-refractivity contribution in [1.82, 2.24) is 0 Å². The number of hydrogen-bond donors (Lipinski definition) is 0. The average Bonchev–Trinajstić information content (AvgIpc) is 2.54. The maximum Gasteiger partial charge on any atom is 0.317 e. The van der Waals surface area contributed by atoms with Crippen LogP contribution in [0.5, 0.6) is 5.75 Å². The van der Waals surface area contributed by atoms with Crippen LogP contribution in [0.3, 0.4) is 0 Å². The molecule has 0 N–H and O–H groups in total. The number of carbonyl (C=O) groups excluding carboxylic acids is 2. The molecule has 0 aliphatic carbocycles. The van der Waals surface area contributed by atoms with Crippen molar-refractivity contribution in [2.45, 2.75) is 76.9 Å². The summed E-state index contributed by atoms with van der Waals surface area (Å²) in [5, 5.41) is 0. The molecule has 2 atom stereocenters. The Kier molecular flexibility index (Phi) is 6.32. The molecule has 0 radical (unpaired) electrons. The topological polar surface area (TPSA) is 61.8 Å². The van der Waals surface area contributed by atoms with Gasteiger partial charge in [0.05, 0.1) is 13.0 Å². The van der Waals surface area contributed by atoms with Crippen molar-refractivity contribution >= 4 is 11.9 Å². The Morgan fingerprint density at radius 2 is 1.42 bits per heavy atom. The smallest absolute Gasteiger partial charge is 0.317 e. The van der Waals surface area contributed by atoms with Crippen LogP contribution in [0.2, 0.25) is 0 Å². The molecule has 0 bridgehead atoms. The lowest BCUT2D eigenvalue weighted by Gasteiger charge is -2.48. The Morgan fingerprint density at radius 3 is 1.81 bits per heavy atom. The van der Waals surface area contributed by atoms with Gasteiger partial charge in [0.1, 0.15) is 23.4 Å². The summed E-state index contributed by atoms with van der Waals surface area (Å²) in [7, 11) is 1.62. The summed E-state index contributed by atoms with van der Waals surface area (Å²) in [6.45, 7) is 8.03. The first kappa shape index (κ1) is 20.3. The van der Waals surface area contributed by atoms with Crippen molar-refractivity contribution in [2.75, 3.05) is 7.11 Å². The fourth-order valence-corrected chi connectivity index (χ4v) is 4.36. The van der Waals surface area contributed by atoms with Gasteiger partial charge < -0.3 is 14.2 Å². The summed E-state index contributed by atoms with van der Waals surface area (Å²) in [6, 6.07) is 7.70. The Balaban J connectivity index is 2.61. The van der Waals surface area contributed by atoms with Gasteiger partial charge in [-0.3, -0.25) is 9.59 Å². The Morgan fingerprint density at radius 1 is 0.962 bits per heavy atom. The van der Waals surface area contributed by atoms with Gasteiger partial charge in [0.25, 0.3) is 0 Å². The minimum Gasteiger partial charge on any atom is -0.497 e. The summed E-state index contributed by atoms with van der Waals surface area (Å²) < 4.78 is 17.0. The molecule has 1 fully saturated rings. The lowest BCUT2D eigenvalue weighted by molar-refractivity contribution is -0.195. The highest BCUT2D eigenvalue weighted by Crippen LogP contribution is 2.48. The van der Waals surface area contributed by atoms with Crippen molar-refractivity contribution < 1.29 is 23.8 Å². The quantitative estimate of drug-likeness (QED) is 0.555. The lowest BCUT2D eigenvalue weighted by atomic mass is 9.68. The summed E-state index contributed by atoms with van der Waals surface area (Å²) in [5.74, 6) is -0.567. The fraction of sp³-hybridized carbons (Fsp3) is 0.619. The van der Waals surface area contributed by atoms with E-state index in [4.69, 9.17) is 14.2 Å². The molecule has 144 valence electrons. The Labute approximate surface area is 156 Å². The molecule has 0 saturated carbocycles. The van der Waals surface area contributed by atoms with Gasteiger partial charge in [0.15, 0.2) is 0 Å². The first-order valence-corrected chi connectivity index (χ1v) is 9.35. The van der Waals surface area contributed by atoms with Crippen LogP contribution in [0.1, 0.15) is 71.3 Å². The summed E-state index contributed by atoms with van der Waals surface area (Å²) in [4.78, 5) is 24.5. The minimum atomic E-state index is -0.759. The van der Waals surface area contributed by atoms with E-state index in [1.165, 1.54) is 0 Å². The van der Waals surface area contributed by atoms with Gasteiger partial charge in [-0.25, -0.2) is 0 Å². The van der Waals surface area contributed by atoms with E-state index in [0.717, 1.165) is 24.2 Å². The van der Waals surface area contributed by atoms with Gasteiger partial charge in [0, 0.05) is 0 Å².